The van der Waals surface area contributed by atoms with Gasteiger partial charge in [0.2, 0.25) is 0 Å². The first-order chi connectivity index (χ1) is 7.77. The SMILES string of the molecule is NC(=O)OCCNc1snc2ccccc12. The Balaban J connectivity index is 1.97. The molecule has 1 heterocycles. The molecule has 0 saturated heterocycles. The lowest BCUT2D eigenvalue weighted by Crippen LogP contribution is -2.18. The number of benzene rings is 1. The number of aromatic nitrogens is 1. The van der Waals surface area contributed by atoms with Gasteiger partial charge in [-0.15, -0.1) is 0 Å². The Kier molecular flexibility index (Phi) is 3.21. The summed E-state index contributed by atoms with van der Waals surface area (Å²) in [6, 6.07) is 7.86. The van der Waals surface area contributed by atoms with Crippen LogP contribution in [0.5, 0.6) is 0 Å². The number of anilines is 1. The fourth-order valence-electron chi connectivity index (χ4n) is 1.33. The van der Waals surface area contributed by atoms with Gasteiger partial charge in [0.1, 0.15) is 11.6 Å². The van der Waals surface area contributed by atoms with Crippen LogP contribution in [0.1, 0.15) is 0 Å². The van der Waals surface area contributed by atoms with Crippen molar-refractivity contribution in [2.24, 2.45) is 5.73 Å². The van der Waals surface area contributed by atoms with Gasteiger partial charge in [0.05, 0.1) is 5.52 Å². The van der Waals surface area contributed by atoms with Crippen LogP contribution >= 0.6 is 11.5 Å². The van der Waals surface area contributed by atoms with E-state index in [-0.39, 0.29) is 6.61 Å². The van der Waals surface area contributed by atoms with E-state index in [0.29, 0.717) is 6.54 Å². The number of amides is 1. The average Bonchev–Trinajstić information content (AvgIpc) is 2.68. The van der Waals surface area contributed by atoms with E-state index in [2.05, 4.69) is 14.4 Å². The molecule has 0 bridgehead atoms. The van der Waals surface area contributed by atoms with Crippen molar-refractivity contribution in [3.8, 4) is 0 Å². The molecular formula is C10H11N3O2S. The number of ether oxygens (including phenoxy) is 1. The Hall–Kier alpha value is -1.82. The predicted octanol–water partition coefficient (Wildman–Crippen LogP) is 1.80. The van der Waals surface area contributed by atoms with Crippen LogP contribution in [0.3, 0.4) is 0 Å². The summed E-state index contributed by atoms with van der Waals surface area (Å²) in [6.07, 6.45) is -0.754. The number of fused-ring (bicyclic) bond motifs is 1. The van der Waals surface area contributed by atoms with E-state index in [1.165, 1.54) is 11.5 Å². The molecule has 1 aromatic carbocycles. The summed E-state index contributed by atoms with van der Waals surface area (Å²) in [6.45, 7) is 0.774. The van der Waals surface area contributed by atoms with E-state index in [9.17, 15) is 4.79 Å². The van der Waals surface area contributed by atoms with Crippen molar-refractivity contribution in [3.05, 3.63) is 24.3 Å². The summed E-state index contributed by atoms with van der Waals surface area (Å²) >= 11 is 1.39. The molecule has 0 atom stereocenters. The molecule has 16 heavy (non-hydrogen) atoms. The molecule has 0 spiro atoms. The number of nitrogens with zero attached hydrogens (tertiary/aromatic N) is 1. The van der Waals surface area contributed by atoms with Crippen molar-refractivity contribution in [1.29, 1.82) is 0 Å². The van der Waals surface area contributed by atoms with Crippen molar-refractivity contribution >= 4 is 33.5 Å². The maximum atomic E-state index is 10.3. The zero-order valence-electron chi connectivity index (χ0n) is 8.47. The number of nitrogens with one attached hydrogen (secondary N) is 1. The normalized spacial score (nSPS) is 10.2. The molecule has 2 aromatic rings. The topological polar surface area (TPSA) is 77.2 Å². The van der Waals surface area contributed by atoms with Gasteiger partial charge in [-0.3, -0.25) is 0 Å². The molecule has 0 aliphatic heterocycles. The zero-order valence-corrected chi connectivity index (χ0v) is 9.29. The van der Waals surface area contributed by atoms with Gasteiger partial charge < -0.3 is 15.8 Å². The summed E-state index contributed by atoms with van der Waals surface area (Å²) in [4.78, 5) is 10.3. The lowest BCUT2D eigenvalue weighted by atomic mass is 10.2. The van der Waals surface area contributed by atoms with Crippen molar-refractivity contribution in [3.63, 3.8) is 0 Å². The van der Waals surface area contributed by atoms with Gasteiger partial charge in [0.25, 0.3) is 0 Å². The Bertz CT molecular complexity index is 498. The summed E-state index contributed by atoms with van der Waals surface area (Å²) < 4.78 is 8.89. The van der Waals surface area contributed by atoms with Crippen molar-refractivity contribution < 1.29 is 9.53 Å². The second kappa shape index (κ2) is 4.80. The Morgan fingerprint density at radius 2 is 2.31 bits per heavy atom. The van der Waals surface area contributed by atoms with Crippen molar-refractivity contribution in [2.45, 2.75) is 0 Å². The molecule has 0 saturated carbocycles. The highest BCUT2D eigenvalue weighted by atomic mass is 32.1. The molecule has 2 rings (SSSR count). The molecule has 0 radical (unpaired) electrons. The third-order valence-electron chi connectivity index (χ3n) is 2.02. The molecular weight excluding hydrogens is 226 g/mol. The van der Waals surface area contributed by atoms with Gasteiger partial charge in [-0.1, -0.05) is 12.1 Å². The Labute approximate surface area is 96.4 Å². The first-order valence-electron chi connectivity index (χ1n) is 4.78. The first-order valence-corrected chi connectivity index (χ1v) is 5.55. The van der Waals surface area contributed by atoms with Gasteiger partial charge in [-0.2, -0.15) is 4.37 Å². The summed E-state index contributed by atoms with van der Waals surface area (Å²) in [5, 5.41) is 5.20. The third-order valence-corrected chi connectivity index (χ3v) is 2.85. The summed E-state index contributed by atoms with van der Waals surface area (Å²) in [5.41, 5.74) is 5.81. The molecule has 0 aliphatic rings. The van der Waals surface area contributed by atoms with Crippen molar-refractivity contribution in [2.75, 3.05) is 18.5 Å². The quantitative estimate of drug-likeness (QED) is 0.795. The molecule has 0 unspecified atom stereocenters. The smallest absolute Gasteiger partial charge is 0.404 e. The predicted molar refractivity (Wildman–Crippen MR) is 63.6 cm³/mol. The fraction of sp³-hybridized carbons (Fsp3) is 0.200. The van der Waals surface area contributed by atoms with Crippen LogP contribution in [0, 0.1) is 0 Å². The molecule has 6 heteroatoms. The lowest BCUT2D eigenvalue weighted by Gasteiger charge is -2.03. The van der Waals surface area contributed by atoms with Crippen LogP contribution in [0.15, 0.2) is 24.3 Å². The number of carbonyl (C=O) groups is 1. The van der Waals surface area contributed by atoms with Crippen LogP contribution in [-0.4, -0.2) is 23.6 Å². The van der Waals surface area contributed by atoms with Crippen molar-refractivity contribution in [1.82, 2.24) is 4.37 Å². The second-order valence-electron chi connectivity index (χ2n) is 3.12. The maximum absolute atomic E-state index is 10.3. The van der Waals surface area contributed by atoms with Gasteiger partial charge in [-0.05, 0) is 23.7 Å². The lowest BCUT2D eigenvalue weighted by molar-refractivity contribution is 0.161. The minimum absolute atomic E-state index is 0.252. The molecule has 84 valence electrons. The van der Waals surface area contributed by atoms with E-state index >= 15 is 0 Å². The van der Waals surface area contributed by atoms with Crippen LogP contribution in [-0.2, 0) is 4.74 Å². The molecule has 1 aromatic heterocycles. The van der Waals surface area contributed by atoms with E-state index in [0.717, 1.165) is 15.9 Å². The number of primary amides is 1. The van der Waals surface area contributed by atoms with Gasteiger partial charge >= 0.3 is 6.09 Å². The van der Waals surface area contributed by atoms with E-state index < -0.39 is 6.09 Å². The van der Waals surface area contributed by atoms with Crippen LogP contribution in [0.4, 0.5) is 9.80 Å². The van der Waals surface area contributed by atoms with E-state index in [1.807, 2.05) is 24.3 Å². The highest BCUT2D eigenvalue weighted by Gasteiger charge is 2.03. The average molecular weight is 237 g/mol. The van der Waals surface area contributed by atoms with Gasteiger partial charge in [0.15, 0.2) is 0 Å². The standard InChI is InChI=1S/C10H11N3O2S/c11-10(14)15-6-5-12-9-7-3-1-2-4-8(7)13-16-9/h1-4,12H,5-6H2,(H2,11,14). The van der Waals surface area contributed by atoms with E-state index in [1.54, 1.807) is 0 Å². The first kappa shape index (κ1) is 10.7. The Morgan fingerprint density at radius 1 is 1.50 bits per heavy atom. The van der Waals surface area contributed by atoms with E-state index in [4.69, 9.17) is 5.73 Å². The van der Waals surface area contributed by atoms with Crippen LogP contribution in [0.25, 0.3) is 10.9 Å². The molecule has 0 aliphatic carbocycles. The summed E-state index contributed by atoms with van der Waals surface area (Å²) in [7, 11) is 0. The minimum atomic E-state index is -0.754. The minimum Gasteiger partial charge on any atom is -0.448 e. The number of rotatable bonds is 4. The largest absolute Gasteiger partial charge is 0.448 e. The zero-order chi connectivity index (χ0) is 11.4. The number of carbonyl (C=O) groups excluding carboxylic acids is 1. The highest BCUT2D eigenvalue weighted by Crippen LogP contribution is 2.26. The molecule has 5 nitrogen and oxygen atoms in total. The summed E-state index contributed by atoms with van der Waals surface area (Å²) in [5.74, 6) is 0. The molecule has 1 amide bonds. The van der Waals surface area contributed by atoms with Crippen LogP contribution in [0.2, 0.25) is 0 Å². The molecule has 3 N–H and O–H groups in total. The number of hydrogen-bond donors (Lipinski definition) is 2. The van der Waals surface area contributed by atoms with Gasteiger partial charge in [0, 0.05) is 11.9 Å². The highest BCUT2D eigenvalue weighted by molar-refractivity contribution is 7.11. The fourth-order valence-corrected chi connectivity index (χ4v) is 2.12. The maximum Gasteiger partial charge on any atom is 0.404 e. The number of hydrogen-bond acceptors (Lipinski definition) is 5. The second-order valence-corrected chi connectivity index (χ2v) is 3.90. The molecule has 0 fully saturated rings. The Morgan fingerprint density at radius 3 is 3.12 bits per heavy atom. The number of nitrogens with two attached hydrogens (primary N) is 1. The van der Waals surface area contributed by atoms with Gasteiger partial charge in [-0.25, -0.2) is 4.79 Å². The third kappa shape index (κ3) is 2.40. The van der Waals surface area contributed by atoms with Crippen LogP contribution < -0.4 is 11.1 Å². The monoisotopic (exact) mass is 237 g/mol.